The maximum absolute atomic E-state index is 12.7. The van der Waals surface area contributed by atoms with Gasteiger partial charge in [-0.1, -0.05) is 51.8 Å². The first-order chi connectivity index (χ1) is 9.27. The van der Waals surface area contributed by atoms with E-state index in [1.54, 1.807) is 0 Å². The van der Waals surface area contributed by atoms with Gasteiger partial charge in [0.25, 0.3) is 0 Å². The number of hydrogen-bond donors (Lipinski definition) is 0. The lowest BCUT2D eigenvalue weighted by atomic mass is 9.58. The summed E-state index contributed by atoms with van der Waals surface area (Å²) in [4.78, 5) is 12.7. The predicted octanol–water partition coefficient (Wildman–Crippen LogP) is 6.10. The minimum atomic E-state index is -0.283. The molecule has 0 aromatic carbocycles. The Bertz CT molecular complexity index is 349. The van der Waals surface area contributed by atoms with Crippen LogP contribution in [-0.2, 0) is 4.79 Å². The van der Waals surface area contributed by atoms with E-state index < -0.39 is 0 Å². The fourth-order valence-electron chi connectivity index (χ4n) is 3.01. The van der Waals surface area contributed by atoms with Crippen molar-refractivity contribution in [2.24, 2.45) is 10.8 Å². The highest BCUT2D eigenvalue weighted by Crippen LogP contribution is 2.48. The maximum atomic E-state index is 12.7. The van der Waals surface area contributed by atoms with Crippen LogP contribution in [0.15, 0.2) is 24.3 Å². The highest BCUT2D eigenvalue weighted by atomic mass is 16.1. The van der Waals surface area contributed by atoms with Gasteiger partial charge in [-0.2, -0.15) is 0 Å². The van der Waals surface area contributed by atoms with Crippen molar-refractivity contribution in [3.05, 3.63) is 24.3 Å². The van der Waals surface area contributed by atoms with Gasteiger partial charge in [0.05, 0.1) is 0 Å². The first kappa shape index (κ1) is 19.1. The van der Waals surface area contributed by atoms with Gasteiger partial charge in [-0.05, 0) is 44.9 Å². The number of allylic oxidation sites excluding steroid dienone is 3. The van der Waals surface area contributed by atoms with Crippen LogP contribution < -0.4 is 0 Å². The molecule has 0 aromatic rings. The van der Waals surface area contributed by atoms with Crippen molar-refractivity contribution in [3.8, 4) is 0 Å². The molecule has 1 heteroatoms. The van der Waals surface area contributed by atoms with Crippen molar-refractivity contribution >= 4 is 5.78 Å². The van der Waals surface area contributed by atoms with Crippen molar-refractivity contribution in [2.75, 3.05) is 0 Å². The van der Waals surface area contributed by atoms with Gasteiger partial charge in [-0.3, -0.25) is 4.79 Å². The van der Waals surface area contributed by atoms with Crippen LogP contribution in [0.25, 0.3) is 0 Å². The van der Waals surface area contributed by atoms with Gasteiger partial charge in [-0.25, -0.2) is 0 Å². The van der Waals surface area contributed by atoms with Crippen molar-refractivity contribution in [1.82, 2.24) is 0 Å². The van der Waals surface area contributed by atoms with E-state index in [0.717, 1.165) is 32.1 Å². The molecule has 2 atom stereocenters. The summed E-state index contributed by atoms with van der Waals surface area (Å²) >= 11 is 0. The summed E-state index contributed by atoms with van der Waals surface area (Å²) in [5.41, 5.74) is 0.935. The second kappa shape index (κ2) is 8.44. The van der Waals surface area contributed by atoms with Gasteiger partial charge in [-0.15, -0.1) is 6.58 Å². The number of carbonyl (C=O) groups is 1. The smallest absolute Gasteiger partial charge is 0.139 e. The molecule has 1 nitrogen and oxygen atoms in total. The number of Topliss-reactive ketones (excluding diaryl/α,β-unsaturated/α-hetero) is 1. The van der Waals surface area contributed by atoms with Crippen LogP contribution in [0, 0.1) is 10.8 Å². The molecule has 0 radical (unpaired) electrons. The molecule has 0 unspecified atom stereocenters. The fraction of sp³-hybridized carbons (Fsp3) is 0.737. The Kier molecular flexibility index (Phi) is 8.08. The molecule has 0 aliphatic rings. The molecule has 0 aliphatic carbocycles. The average Bonchev–Trinajstić information content (AvgIpc) is 2.38. The van der Waals surface area contributed by atoms with Crippen LogP contribution in [0.5, 0.6) is 0 Å². The molecule has 0 bridgehead atoms. The summed E-state index contributed by atoms with van der Waals surface area (Å²) in [6.45, 7) is 16.9. The van der Waals surface area contributed by atoms with Crippen molar-refractivity contribution in [3.63, 3.8) is 0 Å². The van der Waals surface area contributed by atoms with Crippen molar-refractivity contribution < 1.29 is 4.79 Å². The van der Waals surface area contributed by atoms with Crippen LogP contribution >= 0.6 is 0 Å². The topological polar surface area (TPSA) is 17.1 Å². The van der Waals surface area contributed by atoms with E-state index in [2.05, 4.69) is 54.2 Å². The van der Waals surface area contributed by atoms with Crippen LogP contribution in [0.3, 0.4) is 0 Å². The maximum Gasteiger partial charge on any atom is 0.139 e. The Balaban J connectivity index is 5.30. The van der Waals surface area contributed by atoms with E-state index in [1.807, 2.05) is 6.08 Å². The molecule has 0 aromatic heterocycles. The van der Waals surface area contributed by atoms with Gasteiger partial charge >= 0.3 is 0 Å². The lowest BCUT2D eigenvalue weighted by molar-refractivity contribution is -0.134. The number of ketones is 1. The van der Waals surface area contributed by atoms with E-state index in [4.69, 9.17) is 0 Å². The Morgan fingerprint density at radius 3 is 2.10 bits per heavy atom. The van der Waals surface area contributed by atoms with E-state index in [1.165, 1.54) is 5.57 Å². The predicted molar refractivity (Wildman–Crippen MR) is 89.9 cm³/mol. The first-order valence-corrected chi connectivity index (χ1v) is 8.07. The number of carbonyl (C=O) groups excluding carboxylic acids is 1. The summed E-state index contributed by atoms with van der Waals surface area (Å²) in [5, 5.41) is 0. The molecule has 0 saturated heterocycles. The van der Waals surface area contributed by atoms with Crippen LogP contribution in [0.2, 0.25) is 0 Å². The molecule has 0 spiro atoms. The van der Waals surface area contributed by atoms with Crippen molar-refractivity contribution in [2.45, 2.75) is 80.1 Å². The van der Waals surface area contributed by atoms with Gasteiger partial charge in [0.2, 0.25) is 0 Å². The van der Waals surface area contributed by atoms with Gasteiger partial charge in [0.15, 0.2) is 0 Å². The van der Waals surface area contributed by atoms with Crippen LogP contribution in [0.1, 0.15) is 80.1 Å². The second-order valence-electron chi connectivity index (χ2n) is 6.70. The SMILES string of the molecule is C=C[C@](C)(CCC=C(C)C)[C@@](C)(CCC)C(=O)CCC. The van der Waals surface area contributed by atoms with Crippen molar-refractivity contribution in [1.29, 1.82) is 0 Å². The summed E-state index contributed by atoms with van der Waals surface area (Å²) < 4.78 is 0. The zero-order valence-electron chi connectivity index (χ0n) is 14.5. The summed E-state index contributed by atoms with van der Waals surface area (Å²) in [6, 6.07) is 0. The fourth-order valence-corrected chi connectivity index (χ4v) is 3.01. The molecule has 116 valence electrons. The zero-order chi connectivity index (χ0) is 15.8. The zero-order valence-corrected chi connectivity index (χ0v) is 14.5. The average molecular weight is 278 g/mol. The third-order valence-corrected chi connectivity index (χ3v) is 4.77. The number of hydrogen-bond acceptors (Lipinski definition) is 1. The molecule has 0 fully saturated rings. The third-order valence-electron chi connectivity index (χ3n) is 4.77. The third kappa shape index (κ3) is 4.61. The Hall–Kier alpha value is -0.850. The van der Waals surface area contributed by atoms with E-state index in [9.17, 15) is 4.79 Å². The summed E-state index contributed by atoms with van der Waals surface area (Å²) in [7, 11) is 0. The molecule has 0 amide bonds. The Morgan fingerprint density at radius 1 is 1.10 bits per heavy atom. The Labute approximate surface area is 126 Å². The van der Waals surface area contributed by atoms with E-state index >= 15 is 0 Å². The normalized spacial score (nSPS) is 16.9. The molecular weight excluding hydrogens is 244 g/mol. The minimum Gasteiger partial charge on any atom is -0.299 e. The molecule has 20 heavy (non-hydrogen) atoms. The molecular formula is C19H34O. The quantitative estimate of drug-likeness (QED) is 0.441. The van der Waals surface area contributed by atoms with E-state index in [-0.39, 0.29) is 10.8 Å². The second-order valence-corrected chi connectivity index (χ2v) is 6.70. The Morgan fingerprint density at radius 2 is 1.70 bits per heavy atom. The lowest BCUT2D eigenvalue weighted by Crippen LogP contribution is -2.42. The molecule has 0 N–H and O–H groups in total. The molecule has 0 aliphatic heterocycles. The summed E-state index contributed by atoms with van der Waals surface area (Å²) in [6.07, 6.45) is 9.90. The van der Waals surface area contributed by atoms with Gasteiger partial charge in [0.1, 0.15) is 5.78 Å². The van der Waals surface area contributed by atoms with Gasteiger partial charge in [0, 0.05) is 11.8 Å². The molecule has 0 rings (SSSR count). The van der Waals surface area contributed by atoms with Crippen LogP contribution in [-0.4, -0.2) is 5.78 Å². The minimum absolute atomic E-state index is 0.124. The molecule has 0 saturated carbocycles. The monoisotopic (exact) mass is 278 g/mol. The highest BCUT2D eigenvalue weighted by molar-refractivity contribution is 5.85. The molecule has 0 heterocycles. The van der Waals surface area contributed by atoms with Gasteiger partial charge < -0.3 is 0 Å². The highest BCUT2D eigenvalue weighted by Gasteiger charge is 2.45. The largest absolute Gasteiger partial charge is 0.299 e. The van der Waals surface area contributed by atoms with E-state index in [0.29, 0.717) is 12.2 Å². The number of rotatable bonds is 10. The van der Waals surface area contributed by atoms with Crippen LogP contribution in [0.4, 0.5) is 0 Å². The standard InChI is InChI=1S/C19H34O/c1-8-12-17(20)19(7,14-9-2)18(6,10-3)15-11-13-16(4)5/h10,13H,3,8-9,11-12,14-15H2,1-2,4-7H3/t18-,19+/m1/s1. The lowest BCUT2D eigenvalue weighted by Gasteiger charge is -2.44. The summed E-state index contributed by atoms with van der Waals surface area (Å²) in [5.74, 6) is 0.404. The first-order valence-electron chi connectivity index (χ1n) is 8.07.